The van der Waals surface area contributed by atoms with Crippen molar-refractivity contribution in [2.75, 3.05) is 13.2 Å². The van der Waals surface area contributed by atoms with E-state index in [2.05, 4.69) is 25.2 Å². The third-order valence-corrected chi connectivity index (χ3v) is 2.35. The van der Waals surface area contributed by atoms with Crippen molar-refractivity contribution in [3.05, 3.63) is 23.8 Å². The summed E-state index contributed by atoms with van der Waals surface area (Å²) in [7, 11) is 0. The number of hydrogen-bond acceptors (Lipinski definition) is 3. The highest BCUT2D eigenvalue weighted by molar-refractivity contribution is 5.47. The van der Waals surface area contributed by atoms with Crippen molar-refractivity contribution < 1.29 is 9.47 Å². The van der Waals surface area contributed by atoms with Crippen molar-refractivity contribution in [3.8, 4) is 11.5 Å². The van der Waals surface area contributed by atoms with Crippen LogP contribution in [0.1, 0.15) is 19.4 Å². The Morgan fingerprint density at radius 3 is 2.87 bits per heavy atom. The summed E-state index contributed by atoms with van der Waals surface area (Å²) >= 11 is 0. The molecule has 82 valence electrons. The van der Waals surface area contributed by atoms with E-state index in [-0.39, 0.29) is 0 Å². The first kappa shape index (κ1) is 10.3. The summed E-state index contributed by atoms with van der Waals surface area (Å²) in [5.74, 6) is 1.77. The van der Waals surface area contributed by atoms with Crippen LogP contribution >= 0.6 is 0 Å². The van der Waals surface area contributed by atoms with Crippen LogP contribution in [0.5, 0.6) is 11.5 Å². The van der Waals surface area contributed by atoms with Gasteiger partial charge in [0, 0.05) is 18.2 Å². The smallest absolute Gasteiger partial charge is 0.165 e. The van der Waals surface area contributed by atoms with Crippen LogP contribution in [-0.4, -0.2) is 19.3 Å². The minimum absolute atomic E-state index is 0.477. The molecule has 0 spiro atoms. The summed E-state index contributed by atoms with van der Waals surface area (Å²) in [6.45, 7) is 6.38. The predicted molar refractivity (Wildman–Crippen MR) is 59.4 cm³/mol. The Kier molecular flexibility index (Phi) is 3.11. The van der Waals surface area contributed by atoms with Crippen molar-refractivity contribution in [2.45, 2.75) is 26.4 Å². The number of rotatable bonds is 3. The Hall–Kier alpha value is -1.22. The van der Waals surface area contributed by atoms with E-state index in [1.165, 1.54) is 5.56 Å². The van der Waals surface area contributed by atoms with Crippen LogP contribution in [0.4, 0.5) is 0 Å². The molecule has 3 nitrogen and oxygen atoms in total. The number of hydrogen-bond donors (Lipinski definition) is 1. The third-order valence-electron chi connectivity index (χ3n) is 2.35. The lowest BCUT2D eigenvalue weighted by molar-refractivity contribution is 0.169. The number of ether oxygens (including phenoxy) is 2. The molecule has 0 amide bonds. The largest absolute Gasteiger partial charge is 0.486 e. The number of nitrogens with one attached hydrogen (secondary N) is 1. The van der Waals surface area contributed by atoms with Crippen molar-refractivity contribution in [1.82, 2.24) is 5.32 Å². The quantitative estimate of drug-likeness (QED) is 0.821. The zero-order valence-electron chi connectivity index (χ0n) is 9.25. The fourth-order valence-electron chi connectivity index (χ4n) is 1.59. The average molecular weight is 207 g/mol. The molecule has 0 fully saturated rings. The van der Waals surface area contributed by atoms with Crippen molar-refractivity contribution in [1.29, 1.82) is 0 Å². The van der Waals surface area contributed by atoms with Gasteiger partial charge >= 0.3 is 0 Å². The van der Waals surface area contributed by atoms with Crippen LogP contribution in [0.25, 0.3) is 0 Å². The van der Waals surface area contributed by atoms with Gasteiger partial charge in [0.05, 0.1) is 0 Å². The third kappa shape index (κ3) is 2.42. The van der Waals surface area contributed by atoms with Crippen LogP contribution in [0.15, 0.2) is 18.2 Å². The molecule has 1 aliphatic rings. The molecule has 0 unspecified atom stereocenters. The SMILES string of the molecule is CC(C)NCc1cccc2c1OCCO2. The summed E-state index contributed by atoms with van der Waals surface area (Å²) in [6.07, 6.45) is 0. The van der Waals surface area contributed by atoms with E-state index < -0.39 is 0 Å². The van der Waals surface area contributed by atoms with Gasteiger partial charge in [-0.1, -0.05) is 26.0 Å². The molecule has 1 aromatic rings. The normalized spacial score (nSPS) is 14.3. The van der Waals surface area contributed by atoms with Crippen molar-refractivity contribution in [3.63, 3.8) is 0 Å². The maximum absolute atomic E-state index is 5.62. The summed E-state index contributed by atoms with van der Waals surface area (Å²) in [6, 6.07) is 6.51. The summed E-state index contributed by atoms with van der Waals surface area (Å²) < 4.78 is 11.1. The first-order valence-corrected chi connectivity index (χ1v) is 5.38. The van der Waals surface area contributed by atoms with E-state index in [4.69, 9.17) is 9.47 Å². The lowest BCUT2D eigenvalue weighted by Crippen LogP contribution is -2.23. The Balaban J connectivity index is 2.16. The Bertz CT molecular complexity index is 336. The van der Waals surface area contributed by atoms with Crippen LogP contribution in [0.2, 0.25) is 0 Å². The maximum atomic E-state index is 5.62. The Morgan fingerprint density at radius 2 is 2.07 bits per heavy atom. The van der Waals surface area contributed by atoms with Crippen LogP contribution in [0, 0.1) is 0 Å². The maximum Gasteiger partial charge on any atom is 0.165 e. The van der Waals surface area contributed by atoms with Gasteiger partial charge in [0.15, 0.2) is 11.5 Å². The van der Waals surface area contributed by atoms with Crippen LogP contribution in [0.3, 0.4) is 0 Å². The fourth-order valence-corrected chi connectivity index (χ4v) is 1.59. The second kappa shape index (κ2) is 4.53. The molecule has 0 saturated heterocycles. The molecule has 1 N–H and O–H groups in total. The average Bonchev–Trinajstić information content (AvgIpc) is 2.26. The molecule has 0 saturated carbocycles. The van der Waals surface area contributed by atoms with Crippen LogP contribution < -0.4 is 14.8 Å². The van der Waals surface area contributed by atoms with E-state index in [0.717, 1.165) is 18.0 Å². The number of benzene rings is 1. The van der Waals surface area contributed by atoms with Gasteiger partial charge in [-0.3, -0.25) is 0 Å². The predicted octanol–water partition coefficient (Wildman–Crippen LogP) is 1.96. The Morgan fingerprint density at radius 1 is 1.27 bits per heavy atom. The first-order valence-electron chi connectivity index (χ1n) is 5.38. The summed E-state index contributed by atoms with van der Waals surface area (Å²) in [4.78, 5) is 0. The number of para-hydroxylation sites is 1. The highest BCUT2D eigenvalue weighted by Gasteiger charge is 2.14. The van der Waals surface area contributed by atoms with Gasteiger partial charge in [0.25, 0.3) is 0 Å². The van der Waals surface area contributed by atoms with E-state index in [9.17, 15) is 0 Å². The van der Waals surface area contributed by atoms with E-state index in [0.29, 0.717) is 19.3 Å². The van der Waals surface area contributed by atoms with E-state index in [1.807, 2.05) is 12.1 Å². The molecule has 0 atom stereocenters. The lowest BCUT2D eigenvalue weighted by Gasteiger charge is -2.21. The molecule has 0 aromatic heterocycles. The standard InChI is InChI=1S/C12H17NO2/c1-9(2)13-8-10-4-3-5-11-12(10)15-7-6-14-11/h3-5,9,13H,6-8H2,1-2H3. The second-order valence-corrected chi connectivity index (χ2v) is 3.98. The minimum Gasteiger partial charge on any atom is -0.486 e. The first-order chi connectivity index (χ1) is 7.27. The zero-order valence-corrected chi connectivity index (χ0v) is 9.25. The molecule has 3 heteroatoms. The highest BCUT2D eigenvalue weighted by Crippen LogP contribution is 2.33. The molecule has 1 heterocycles. The van der Waals surface area contributed by atoms with Crippen molar-refractivity contribution >= 4 is 0 Å². The molecule has 0 aliphatic carbocycles. The topological polar surface area (TPSA) is 30.5 Å². The van der Waals surface area contributed by atoms with Crippen molar-refractivity contribution in [2.24, 2.45) is 0 Å². The summed E-state index contributed by atoms with van der Waals surface area (Å²) in [5.41, 5.74) is 1.17. The molecule has 0 bridgehead atoms. The monoisotopic (exact) mass is 207 g/mol. The molecule has 2 rings (SSSR count). The van der Waals surface area contributed by atoms with E-state index >= 15 is 0 Å². The number of fused-ring (bicyclic) bond motifs is 1. The van der Waals surface area contributed by atoms with Gasteiger partial charge in [-0.25, -0.2) is 0 Å². The van der Waals surface area contributed by atoms with E-state index in [1.54, 1.807) is 0 Å². The molecule has 0 radical (unpaired) electrons. The minimum atomic E-state index is 0.477. The fraction of sp³-hybridized carbons (Fsp3) is 0.500. The highest BCUT2D eigenvalue weighted by atomic mass is 16.6. The molecule has 1 aromatic carbocycles. The lowest BCUT2D eigenvalue weighted by atomic mass is 10.1. The van der Waals surface area contributed by atoms with Gasteiger partial charge in [-0.2, -0.15) is 0 Å². The van der Waals surface area contributed by atoms with Gasteiger partial charge in [0.1, 0.15) is 13.2 Å². The second-order valence-electron chi connectivity index (χ2n) is 3.98. The molecule has 15 heavy (non-hydrogen) atoms. The van der Waals surface area contributed by atoms with Crippen LogP contribution in [-0.2, 0) is 6.54 Å². The zero-order chi connectivity index (χ0) is 10.7. The van der Waals surface area contributed by atoms with Gasteiger partial charge < -0.3 is 14.8 Å². The molecular formula is C12H17NO2. The molecular weight excluding hydrogens is 190 g/mol. The van der Waals surface area contributed by atoms with Gasteiger partial charge in [-0.05, 0) is 6.07 Å². The molecule has 1 aliphatic heterocycles. The van der Waals surface area contributed by atoms with Gasteiger partial charge in [-0.15, -0.1) is 0 Å². The Labute approximate surface area is 90.4 Å². The summed E-state index contributed by atoms with van der Waals surface area (Å²) in [5, 5.41) is 3.38. The van der Waals surface area contributed by atoms with Gasteiger partial charge in [0.2, 0.25) is 0 Å².